The highest BCUT2D eigenvalue weighted by Crippen LogP contribution is 2.25. The van der Waals surface area contributed by atoms with Gasteiger partial charge in [0.25, 0.3) is 21.8 Å². The monoisotopic (exact) mass is 457 g/mol. The molecule has 0 fully saturated rings. The molecule has 0 radical (unpaired) electrons. The van der Waals surface area contributed by atoms with E-state index in [2.05, 4.69) is 10.6 Å². The third kappa shape index (κ3) is 5.54. The van der Waals surface area contributed by atoms with Crippen molar-refractivity contribution in [1.82, 2.24) is 15.1 Å². The van der Waals surface area contributed by atoms with Crippen molar-refractivity contribution in [3.63, 3.8) is 0 Å². The molecule has 0 unspecified atom stereocenters. The van der Waals surface area contributed by atoms with Crippen LogP contribution in [0.2, 0.25) is 5.02 Å². The van der Waals surface area contributed by atoms with Crippen molar-refractivity contribution in [2.75, 3.05) is 27.2 Å². The van der Waals surface area contributed by atoms with Gasteiger partial charge >= 0.3 is 0 Å². The van der Waals surface area contributed by atoms with Crippen molar-refractivity contribution in [1.29, 1.82) is 0 Å². The molecule has 0 aliphatic heterocycles. The third-order valence-corrected chi connectivity index (χ3v) is 6.36. The van der Waals surface area contributed by atoms with Crippen molar-refractivity contribution in [3.05, 3.63) is 63.9 Å². The molecule has 2 aromatic carbocycles. The molecule has 0 spiro atoms. The van der Waals surface area contributed by atoms with E-state index in [0.717, 1.165) is 12.1 Å². The van der Waals surface area contributed by atoms with Crippen LogP contribution in [-0.4, -0.2) is 51.9 Å². The van der Waals surface area contributed by atoms with Crippen LogP contribution in [0.4, 0.5) is 4.39 Å². The molecule has 0 aliphatic carbocycles. The highest BCUT2D eigenvalue weighted by atomic mass is 35.5. The van der Waals surface area contributed by atoms with Crippen molar-refractivity contribution in [2.45, 2.75) is 11.8 Å². The zero-order chi connectivity index (χ0) is 22.5. The number of hydrogen-bond acceptors (Lipinski definition) is 5. The Morgan fingerprint density at radius 2 is 1.60 bits per heavy atom. The van der Waals surface area contributed by atoms with E-state index in [-0.39, 0.29) is 34.1 Å². The highest BCUT2D eigenvalue weighted by Gasteiger charge is 2.25. The molecule has 2 amide bonds. The van der Waals surface area contributed by atoms with Crippen LogP contribution < -0.4 is 10.6 Å². The number of sulfonamides is 1. The average Bonchev–Trinajstić information content (AvgIpc) is 2.72. The molecule has 0 saturated carbocycles. The number of carbonyl (C=O) groups is 2. The second-order valence-electron chi connectivity index (χ2n) is 6.22. The fraction of sp³-hybridized carbons (Fsp3) is 0.263. The zero-order valence-electron chi connectivity index (χ0n) is 16.5. The second kappa shape index (κ2) is 9.98. The van der Waals surface area contributed by atoms with Gasteiger partial charge in [0.2, 0.25) is 0 Å². The molecule has 11 heteroatoms. The lowest BCUT2D eigenvalue weighted by molar-refractivity contribution is -0.0258. The summed E-state index contributed by atoms with van der Waals surface area (Å²) in [6.45, 7) is 1.75. The second-order valence-corrected chi connectivity index (χ2v) is 8.53. The van der Waals surface area contributed by atoms with Crippen molar-refractivity contribution < 1.29 is 27.2 Å². The molecule has 8 nitrogen and oxygen atoms in total. The van der Waals surface area contributed by atoms with Gasteiger partial charge in [0.05, 0.1) is 12.1 Å². The van der Waals surface area contributed by atoms with E-state index >= 15 is 0 Å². The van der Waals surface area contributed by atoms with Crippen molar-refractivity contribution >= 4 is 33.4 Å². The topological polar surface area (TPSA) is 105 Å². The minimum atomic E-state index is -4.04. The number of hydrogen-bond donors (Lipinski definition) is 2. The van der Waals surface area contributed by atoms with Crippen LogP contribution in [0.3, 0.4) is 0 Å². The molecule has 0 atom stereocenters. The number of carbonyl (C=O) groups excluding carboxylic acids is 2. The molecule has 2 rings (SSSR count). The van der Waals surface area contributed by atoms with Crippen LogP contribution in [0.1, 0.15) is 26.3 Å². The highest BCUT2D eigenvalue weighted by molar-refractivity contribution is 7.89. The molecule has 0 aromatic heterocycles. The first-order chi connectivity index (χ1) is 14.1. The Morgan fingerprint density at radius 1 is 1.07 bits per heavy atom. The number of halogens is 2. The Morgan fingerprint density at radius 3 is 2.13 bits per heavy atom. The molecule has 162 valence electrons. The molecule has 0 aliphatic rings. The van der Waals surface area contributed by atoms with E-state index in [0.29, 0.717) is 10.0 Å². The Labute approximate surface area is 179 Å². The van der Waals surface area contributed by atoms with E-state index in [1.165, 1.54) is 38.4 Å². The van der Waals surface area contributed by atoms with E-state index in [4.69, 9.17) is 16.4 Å². The van der Waals surface area contributed by atoms with Gasteiger partial charge in [-0.2, -0.15) is 0 Å². The summed E-state index contributed by atoms with van der Waals surface area (Å²) in [5, 5.41) is 5.05. The van der Waals surface area contributed by atoms with Gasteiger partial charge in [-0.1, -0.05) is 22.1 Å². The van der Waals surface area contributed by atoms with Gasteiger partial charge in [-0.15, -0.1) is 0 Å². The van der Waals surface area contributed by atoms with Crippen LogP contribution in [0.15, 0.2) is 41.3 Å². The maximum atomic E-state index is 13.5. The first-order valence-electron chi connectivity index (χ1n) is 8.73. The first kappa shape index (κ1) is 23.7. The lowest BCUT2D eigenvalue weighted by atomic mass is 10.1. The minimum Gasteiger partial charge on any atom is -0.350 e. The van der Waals surface area contributed by atoms with Crippen molar-refractivity contribution in [3.8, 4) is 0 Å². The number of amides is 2. The summed E-state index contributed by atoms with van der Waals surface area (Å²) in [7, 11) is -1.66. The lowest BCUT2D eigenvalue weighted by Gasteiger charge is -2.16. The van der Waals surface area contributed by atoms with Gasteiger partial charge in [-0.3, -0.25) is 14.4 Å². The number of nitrogens with zero attached hydrogens (tertiary/aromatic N) is 1. The zero-order valence-corrected chi connectivity index (χ0v) is 18.1. The largest absolute Gasteiger partial charge is 0.350 e. The number of benzene rings is 2. The van der Waals surface area contributed by atoms with E-state index in [1.54, 1.807) is 6.92 Å². The van der Waals surface area contributed by atoms with Crippen LogP contribution in [0.25, 0.3) is 0 Å². The standard InChI is InChI=1S/C19H21ClFN3O5S/c1-12-4-5-13(10-16(12)21)18(25)22-8-9-23-19(26)14-6-7-15(20)17(11-14)30(27,28)24(2)29-3/h4-7,10-11H,8-9H2,1-3H3,(H,22,25)(H,23,26). The SMILES string of the molecule is CON(C)S(=O)(=O)c1cc(C(=O)NCCNC(=O)c2ccc(C)c(F)c2)ccc1Cl. The maximum absolute atomic E-state index is 13.5. The van der Waals surface area contributed by atoms with Crippen LogP contribution >= 0.6 is 11.6 Å². The number of nitrogens with one attached hydrogen (secondary N) is 2. The van der Waals surface area contributed by atoms with Gasteiger partial charge in [0, 0.05) is 31.3 Å². The average molecular weight is 458 g/mol. The summed E-state index contributed by atoms with van der Waals surface area (Å²) in [6.07, 6.45) is 0. The number of hydroxylamine groups is 1. The van der Waals surface area contributed by atoms with Gasteiger partial charge in [0.1, 0.15) is 10.7 Å². The fourth-order valence-electron chi connectivity index (χ4n) is 2.37. The fourth-order valence-corrected chi connectivity index (χ4v) is 3.84. The Hall–Kier alpha value is -2.53. The normalized spacial score (nSPS) is 11.4. The summed E-state index contributed by atoms with van der Waals surface area (Å²) < 4.78 is 38.9. The molecular formula is C19H21ClFN3O5S. The molecular weight excluding hydrogens is 437 g/mol. The predicted molar refractivity (Wildman–Crippen MR) is 109 cm³/mol. The molecule has 2 aromatic rings. The van der Waals surface area contributed by atoms with Gasteiger partial charge < -0.3 is 10.6 Å². The summed E-state index contributed by atoms with van der Waals surface area (Å²) >= 11 is 5.96. The quantitative estimate of drug-likeness (QED) is 0.466. The third-order valence-electron chi connectivity index (χ3n) is 4.20. The van der Waals surface area contributed by atoms with Crippen LogP contribution in [0.5, 0.6) is 0 Å². The summed E-state index contributed by atoms with van der Waals surface area (Å²) in [5.74, 6) is -1.52. The summed E-state index contributed by atoms with van der Waals surface area (Å²) in [4.78, 5) is 28.8. The summed E-state index contributed by atoms with van der Waals surface area (Å²) in [6, 6.07) is 7.93. The van der Waals surface area contributed by atoms with Crippen LogP contribution in [0, 0.1) is 12.7 Å². The van der Waals surface area contributed by atoms with E-state index in [1.807, 2.05) is 0 Å². The van der Waals surface area contributed by atoms with Gasteiger partial charge in [-0.05, 0) is 42.8 Å². The molecule has 2 N–H and O–H groups in total. The smallest absolute Gasteiger partial charge is 0.266 e. The van der Waals surface area contributed by atoms with E-state index < -0.39 is 27.7 Å². The number of aryl methyl sites for hydroxylation is 1. The van der Waals surface area contributed by atoms with Crippen LogP contribution in [-0.2, 0) is 14.9 Å². The molecule has 0 heterocycles. The van der Waals surface area contributed by atoms with Crippen molar-refractivity contribution in [2.24, 2.45) is 0 Å². The minimum absolute atomic E-state index is 0.0620. The lowest BCUT2D eigenvalue weighted by Crippen LogP contribution is -2.35. The Bertz CT molecular complexity index is 1060. The molecule has 0 saturated heterocycles. The predicted octanol–water partition coefficient (Wildman–Crippen LogP) is 2.13. The molecule has 0 bridgehead atoms. The Kier molecular flexibility index (Phi) is 7.90. The first-order valence-corrected chi connectivity index (χ1v) is 10.5. The molecule has 30 heavy (non-hydrogen) atoms. The Balaban J connectivity index is 1.97. The maximum Gasteiger partial charge on any atom is 0.266 e. The summed E-state index contributed by atoms with van der Waals surface area (Å²) in [5.41, 5.74) is 0.661. The number of rotatable bonds is 8. The van der Waals surface area contributed by atoms with Gasteiger partial charge in [-0.25, -0.2) is 12.8 Å². The van der Waals surface area contributed by atoms with Gasteiger partial charge in [0.15, 0.2) is 0 Å². The van der Waals surface area contributed by atoms with E-state index in [9.17, 15) is 22.4 Å².